The van der Waals surface area contributed by atoms with Crippen molar-refractivity contribution in [1.82, 2.24) is 0 Å². The van der Waals surface area contributed by atoms with Crippen LogP contribution in [-0.4, -0.2) is 24.8 Å². The van der Waals surface area contributed by atoms with Gasteiger partial charge in [-0.15, -0.1) is 0 Å². The van der Waals surface area contributed by atoms with Crippen molar-refractivity contribution in [1.29, 1.82) is 0 Å². The second-order valence-corrected chi connectivity index (χ2v) is 11.9. The van der Waals surface area contributed by atoms with Gasteiger partial charge in [0.25, 0.3) is 8.32 Å². The molecule has 0 heterocycles. The average molecular weight is 341 g/mol. The molecule has 2 N–H and O–H groups in total. The molecule has 0 spiro atoms. The van der Waals surface area contributed by atoms with Crippen molar-refractivity contribution in [3.63, 3.8) is 0 Å². The molecule has 0 aliphatic heterocycles. The lowest BCUT2D eigenvalue weighted by Gasteiger charge is -2.42. The Morgan fingerprint density at radius 1 is 0.917 bits per heavy atom. The summed E-state index contributed by atoms with van der Waals surface area (Å²) in [6, 6.07) is 20.3. The van der Waals surface area contributed by atoms with Gasteiger partial charge in [0, 0.05) is 6.61 Å². The van der Waals surface area contributed by atoms with Crippen LogP contribution in [-0.2, 0) is 0 Å². The first-order valence-electron chi connectivity index (χ1n) is 8.88. The van der Waals surface area contributed by atoms with Gasteiger partial charge in [0.15, 0.2) is 0 Å². The third-order valence-corrected chi connectivity index (χ3v) is 10.5. The highest BCUT2D eigenvalue weighted by atomic mass is 28.4. The minimum Gasteiger partial charge on any atom is -0.424 e. The number of benzene rings is 2. The molecule has 0 aromatic heterocycles. The fourth-order valence-electron chi connectivity index (χ4n) is 3.73. The predicted octanol–water partition coefficient (Wildman–Crippen LogP) is 3.07. The van der Waals surface area contributed by atoms with Crippen LogP contribution in [0.25, 0.3) is 0 Å². The second kappa shape index (κ2) is 6.47. The second-order valence-electron chi connectivity index (χ2n) is 7.98. The van der Waals surface area contributed by atoms with Crippen LogP contribution in [0, 0.1) is 5.41 Å². The van der Waals surface area contributed by atoms with Crippen LogP contribution in [0.15, 0.2) is 60.7 Å². The van der Waals surface area contributed by atoms with Crippen LogP contribution in [0.1, 0.15) is 39.5 Å². The first-order valence-corrected chi connectivity index (χ1v) is 10.8. The van der Waals surface area contributed by atoms with E-state index in [1.54, 1.807) is 0 Å². The van der Waals surface area contributed by atoms with E-state index in [-0.39, 0.29) is 17.1 Å². The van der Waals surface area contributed by atoms with Gasteiger partial charge < -0.3 is 9.90 Å². The quantitative estimate of drug-likeness (QED) is 0.761. The third-order valence-electron chi connectivity index (χ3n) is 5.94. The highest BCUT2D eigenvalue weighted by Crippen LogP contribution is 2.53. The average Bonchev–Trinajstić information content (AvgIpc) is 3.41. The Labute approximate surface area is 146 Å². The number of aliphatic hydroxyl groups excluding tert-OH is 1. The molecule has 0 amide bonds. The minimum absolute atomic E-state index is 0.125. The number of rotatable bonds is 7. The molecule has 1 fully saturated rings. The van der Waals surface area contributed by atoms with Gasteiger partial charge in [0.05, 0.1) is 0 Å². The molecule has 2 aromatic rings. The Balaban J connectivity index is 1.98. The first kappa shape index (κ1) is 17.4. The van der Waals surface area contributed by atoms with Crippen LogP contribution in [0.5, 0.6) is 0 Å². The molecule has 1 saturated carbocycles. The fourth-order valence-corrected chi connectivity index (χ4v) is 7.46. The molecule has 2 aromatic carbocycles. The lowest BCUT2D eigenvalue weighted by Crippen LogP contribution is -2.65. The van der Waals surface area contributed by atoms with E-state index in [4.69, 9.17) is 0 Å². The molecular weight excluding hydrogens is 312 g/mol. The maximum atomic E-state index is 12.0. The van der Waals surface area contributed by atoms with E-state index >= 15 is 0 Å². The Morgan fingerprint density at radius 3 is 1.75 bits per heavy atom. The van der Waals surface area contributed by atoms with Crippen molar-refractivity contribution < 1.29 is 9.90 Å². The van der Waals surface area contributed by atoms with Crippen molar-refractivity contribution >= 4 is 18.7 Å². The van der Waals surface area contributed by atoms with Gasteiger partial charge in [-0.2, -0.15) is 0 Å². The lowest BCUT2D eigenvalue weighted by molar-refractivity contribution is 0.196. The van der Waals surface area contributed by atoms with Crippen LogP contribution >= 0.6 is 0 Å². The monoisotopic (exact) mass is 340 g/mol. The molecule has 0 unspecified atom stereocenters. The Kier molecular flexibility index (Phi) is 4.69. The van der Waals surface area contributed by atoms with Crippen molar-refractivity contribution in [3.05, 3.63) is 60.7 Å². The van der Waals surface area contributed by atoms with E-state index < -0.39 is 8.32 Å². The van der Waals surface area contributed by atoms with Gasteiger partial charge >= 0.3 is 0 Å². The molecule has 3 rings (SSSR count). The van der Waals surface area contributed by atoms with E-state index in [0.717, 1.165) is 36.1 Å². The molecule has 0 bridgehead atoms. The van der Waals surface area contributed by atoms with Gasteiger partial charge in [-0.25, -0.2) is 0 Å². The van der Waals surface area contributed by atoms with Crippen molar-refractivity contribution in [2.45, 2.75) is 44.6 Å². The highest BCUT2D eigenvalue weighted by molar-refractivity contribution is 6.98. The fraction of sp³-hybridized carbons (Fsp3) is 0.429. The topological polar surface area (TPSA) is 40.5 Å². The molecule has 1 aliphatic rings. The highest BCUT2D eigenvalue weighted by Gasteiger charge is 2.51. The SMILES string of the molecule is CC(C)(CCC1(CO)CC1)[Si](O)(c1ccccc1)c1ccccc1. The Morgan fingerprint density at radius 2 is 1.38 bits per heavy atom. The smallest absolute Gasteiger partial charge is 0.258 e. The molecule has 2 nitrogen and oxygen atoms in total. The number of aliphatic hydroxyl groups is 1. The molecule has 24 heavy (non-hydrogen) atoms. The van der Waals surface area contributed by atoms with Crippen LogP contribution in [0.2, 0.25) is 5.04 Å². The van der Waals surface area contributed by atoms with Gasteiger partial charge in [-0.05, 0) is 46.5 Å². The molecule has 128 valence electrons. The predicted molar refractivity (Wildman–Crippen MR) is 102 cm³/mol. The largest absolute Gasteiger partial charge is 0.424 e. The standard InChI is InChI=1S/C21H28O2Si/c1-20(2,13-14-21(17-22)15-16-21)24(23,18-9-5-3-6-10-18)19-11-7-4-8-12-19/h3-12,22-23H,13-17H2,1-2H3. The summed E-state index contributed by atoms with van der Waals surface area (Å²) < 4.78 is 0. The van der Waals surface area contributed by atoms with Crippen molar-refractivity contribution in [2.75, 3.05) is 6.61 Å². The zero-order valence-corrected chi connectivity index (χ0v) is 15.7. The number of hydrogen-bond acceptors (Lipinski definition) is 2. The van der Waals surface area contributed by atoms with Crippen LogP contribution in [0.4, 0.5) is 0 Å². The third kappa shape index (κ3) is 3.08. The van der Waals surface area contributed by atoms with Crippen LogP contribution < -0.4 is 10.4 Å². The maximum Gasteiger partial charge on any atom is 0.258 e. The molecule has 0 atom stereocenters. The summed E-state index contributed by atoms with van der Waals surface area (Å²) in [7, 11) is -2.90. The summed E-state index contributed by atoms with van der Waals surface area (Å²) >= 11 is 0. The van der Waals surface area contributed by atoms with E-state index in [9.17, 15) is 9.90 Å². The molecule has 3 heteroatoms. The van der Waals surface area contributed by atoms with Crippen molar-refractivity contribution in [3.8, 4) is 0 Å². The van der Waals surface area contributed by atoms with Crippen LogP contribution in [0.3, 0.4) is 0 Å². The first-order chi connectivity index (χ1) is 11.4. The molecule has 0 saturated heterocycles. The summed E-state index contributed by atoms with van der Waals surface area (Å²) in [5, 5.41) is 11.6. The van der Waals surface area contributed by atoms with Gasteiger partial charge in [0.2, 0.25) is 0 Å². The summed E-state index contributed by atoms with van der Waals surface area (Å²) in [6.45, 7) is 4.68. The summed E-state index contributed by atoms with van der Waals surface area (Å²) in [5.74, 6) is 0. The molecule has 0 radical (unpaired) electrons. The van der Waals surface area contributed by atoms with Gasteiger partial charge in [-0.1, -0.05) is 74.5 Å². The molecular formula is C21H28O2Si. The minimum atomic E-state index is -2.90. The van der Waals surface area contributed by atoms with Gasteiger partial charge in [0.1, 0.15) is 0 Å². The molecule has 1 aliphatic carbocycles. The van der Waals surface area contributed by atoms with E-state index in [1.807, 2.05) is 36.4 Å². The summed E-state index contributed by atoms with van der Waals surface area (Å²) in [5.41, 5.74) is 0.125. The van der Waals surface area contributed by atoms with E-state index in [2.05, 4.69) is 38.1 Å². The number of hydrogen-bond donors (Lipinski definition) is 2. The maximum absolute atomic E-state index is 12.0. The van der Waals surface area contributed by atoms with E-state index in [0.29, 0.717) is 0 Å². The zero-order valence-electron chi connectivity index (χ0n) is 14.7. The zero-order chi connectivity index (χ0) is 17.3. The summed E-state index contributed by atoms with van der Waals surface area (Å²) in [4.78, 5) is 12.0. The van der Waals surface area contributed by atoms with E-state index in [1.165, 1.54) is 0 Å². The Hall–Kier alpha value is -1.42. The lowest BCUT2D eigenvalue weighted by atomic mass is 9.95. The normalized spacial score (nSPS) is 16.8. The summed E-state index contributed by atoms with van der Waals surface area (Å²) in [6.07, 6.45) is 4.16. The van der Waals surface area contributed by atoms with Gasteiger partial charge in [-0.3, -0.25) is 0 Å². The Bertz CT molecular complexity index is 623. The van der Waals surface area contributed by atoms with Crippen molar-refractivity contribution in [2.24, 2.45) is 5.41 Å².